The minimum Gasteiger partial charge on any atom is -0.495 e. The summed E-state index contributed by atoms with van der Waals surface area (Å²) >= 11 is 0. The maximum absolute atomic E-state index is 13.2. The molecule has 30 heavy (non-hydrogen) atoms. The van der Waals surface area contributed by atoms with Crippen LogP contribution >= 0.6 is 0 Å². The van der Waals surface area contributed by atoms with Gasteiger partial charge in [-0.1, -0.05) is 32.0 Å². The summed E-state index contributed by atoms with van der Waals surface area (Å²) in [6, 6.07) is 13.4. The lowest BCUT2D eigenvalue weighted by molar-refractivity contribution is -0.115. The van der Waals surface area contributed by atoms with Crippen LogP contribution in [0.2, 0.25) is 0 Å². The molecule has 0 atom stereocenters. The Morgan fingerprint density at radius 3 is 2.43 bits per heavy atom. The minimum absolute atomic E-state index is 0.0806. The minimum atomic E-state index is -3.81. The first-order valence-corrected chi connectivity index (χ1v) is 11.5. The third-order valence-electron chi connectivity index (χ3n) is 4.55. The third-order valence-corrected chi connectivity index (χ3v) is 6.45. The van der Waals surface area contributed by atoms with Crippen molar-refractivity contribution in [2.24, 2.45) is 5.92 Å². The fraction of sp³-hybridized carbons (Fsp3) is 0.409. The molecule has 2 aromatic rings. The zero-order chi connectivity index (χ0) is 22.1. The number of nitrogens with zero attached hydrogens (tertiary/aromatic N) is 1. The van der Waals surface area contributed by atoms with Crippen LogP contribution in [0.15, 0.2) is 53.4 Å². The molecule has 0 aliphatic heterocycles. The van der Waals surface area contributed by atoms with Gasteiger partial charge in [-0.2, -0.15) is 0 Å². The fourth-order valence-corrected chi connectivity index (χ4v) is 4.45. The van der Waals surface area contributed by atoms with E-state index in [1.165, 1.54) is 23.5 Å². The van der Waals surface area contributed by atoms with E-state index in [1.807, 2.05) is 6.07 Å². The smallest absolute Gasteiger partial charge is 0.264 e. The molecular weight excluding hydrogens is 402 g/mol. The van der Waals surface area contributed by atoms with Crippen molar-refractivity contribution in [1.82, 2.24) is 5.32 Å². The first-order chi connectivity index (χ1) is 14.3. The van der Waals surface area contributed by atoms with E-state index in [4.69, 9.17) is 4.74 Å². The van der Waals surface area contributed by atoms with Gasteiger partial charge in [0.15, 0.2) is 0 Å². The van der Waals surface area contributed by atoms with Gasteiger partial charge >= 0.3 is 0 Å². The van der Waals surface area contributed by atoms with E-state index in [0.717, 1.165) is 13.0 Å². The average Bonchev–Trinajstić information content (AvgIpc) is 2.72. The van der Waals surface area contributed by atoms with Gasteiger partial charge in [0.05, 0.1) is 29.9 Å². The standard InChI is InChI=1S/C22H31N3O4S/c1-5-25(18-9-7-6-8-10-18)30(27,28)19-11-12-21(29-4)20(15-19)24-22(26)16-23-14-13-17(2)3/h6-12,15,17,23H,5,13-14,16H2,1-4H3,(H,24,26). The molecule has 0 unspecified atom stereocenters. The molecule has 0 radical (unpaired) electrons. The number of benzene rings is 2. The highest BCUT2D eigenvalue weighted by molar-refractivity contribution is 7.92. The molecule has 164 valence electrons. The lowest BCUT2D eigenvalue weighted by Gasteiger charge is -2.23. The van der Waals surface area contributed by atoms with E-state index < -0.39 is 10.0 Å². The van der Waals surface area contributed by atoms with Crippen LogP contribution in [0.1, 0.15) is 27.2 Å². The van der Waals surface area contributed by atoms with Crippen molar-refractivity contribution in [2.75, 3.05) is 36.4 Å². The Hall–Kier alpha value is -2.58. The van der Waals surface area contributed by atoms with Crippen LogP contribution in [0.4, 0.5) is 11.4 Å². The fourth-order valence-electron chi connectivity index (χ4n) is 2.95. The first kappa shape index (κ1) is 23.7. The number of methoxy groups -OCH3 is 1. The zero-order valence-electron chi connectivity index (χ0n) is 18.0. The number of hydrogen-bond donors (Lipinski definition) is 2. The van der Waals surface area contributed by atoms with Crippen LogP contribution in [-0.2, 0) is 14.8 Å². The highest BCUT2D eigenvalue weighted by atomic mass is 32.2. The van der Waals surface area contributed by atoms with Crippen LogP contribution in [-0.4, -0.2) is 41.1 Å². The topological polar surface area (TPSA) is 87.7 Å². The van der Waals surface area contributed by atoms with Crippen LogP contribution < -0.4 is 19.7 Å². The Balaban J connectivity index is 2.23. The van der Waals surface area contributed by atoms with E-state index in [-0.39, 0.29) is 23.9 Å². The monoisotopic (exact) mass is 433 g/mol. The summed E-state index contributed by atoms with van der Waals surface area (Å²) in [6.45, 7) is 7.16. The predicted molar refractivity (Wildman–Crippen MR) is 121 cm³/mol. The number of nitrogens with one attached hydrogen (secondary N) is 2. The molecule has 7 nitrogen and oxygen atoms in total. The Bertz CT molecular complexity index is 931. The molecule has 8 heteroatoms. The van der Waals surface area contributed by atoms with E-state index in [2.05, 4.69) is 24.5 Å². The van der Waals surface area contributed by atoms with E-state index >= 15 is 0 Å². The van der Waals surface area contributed by atoms with Crippen molar-refractivity contribution in [3.8, 4) is 5.75 Å². The van der Waals surface area contributed by atoms with Crippen molar-refractivity contribution in [3.63, 3.8) is 0 Å². The molecular formula is C22H31N3O4S. The SMILES string of the molecule is CCN(c1ccccc1)S(=O)(=O)c1ccc(OC)c(NC(=O)CNCCC(C)C)c1. The first-order valence-electron chi connectivity index (χ1n) is 10.1. The van der Waals surface area contributed by atoms with Gasteiger partial charge in [-0.25, -0.2) is 8.42 Å². The summed E-state index contributed by atoms with van der Waals surface area (Å²) in [5.74, 6) is 0.683. The number of hydrogen-bond acceptors (Lipinski definition) is 5. The van der Waals surface area contributed by atoms with E-state index in [0.29, 0.717) is 23.0 Å². The Morgan fingerprint density at radius 2 is 1.83 bits per heavy atom. The van der Waals surface area contributed by atoms with E-state index in [1.54, 1.807) is 37.3 Å². The number of carbonyl (C=O) groups is 1. The number of amides is 1. The van der Waals surface area contributed by atoms with Gasteiger partial charge in [0.25, 0.3) is 10.0 Å². The Kier molecular flexibility index (Phi) is 8.68. The lowest BCUT2D eigenvalue weighted by Crippen LogP contribution is -2.31. The van der Waals surface area contributed by atoms with Crippen molar-refractivity contribution >= 4 is 27.3 Å². The zero-order valence-corrected chi connectivity index (χ0v) is 18.8. The van der Waals surface area contributed by atoms with Crippen LogP contribution in [0, 0.1) is 5.92 Å². The quantitative estimate of drug-likeness (QED) is 0.530. The molecule has 0 saturated heterocycles. The van der Waals surface area contributed by atoms with Crippen molar-refractivity contribution in [2.45, 2.75) is 32.1 Å². The lowest BCUT2D eigenvalue weighted by atomic mass is 10.1. The largest absolute Gasteiger partial charge is 0.495 e. The molecule has 0 aliphatic carbocycles. The summed E-state index contributed by atoms with van der Waals surface area (Å²) < 4.78 is 33.1. The Labute approximate surface area is 179 Å². The molecule has 2 rings (SSSR count). The number of rotatable bonds is 11. The second kappa shape index (κ2) is 11.0. The molecule has 0 saturated carbocycles. The number of anilines is 2. The van der Waals surface area contributed by atoms with Crippen LogP contribution in [0.3, 0.4) is 0 Å². The van der Waals surface area contributed by atoms with Crippen LogP contribution in [0.5, 0.6) is 5.75 Å². The van der Waals surface area contributed by atoms with Gasteiger partial charge in [0, 0.05) is 6.54 Å². The molecule has 2 N–H and O–H groups in total. The van der Waals surface area contributed by atoms with Crippen molar-refractivity contribution in [3.05, 3.63) is 48.5 Å². The summed E-state index contributed by atoms with van der Waals surface area (Å²) in [7, 11) is -2.33. The second-order valence-electron chi connectivity index (χ2n) is 7.27. The predicted octanol–water partition coefficient (Wildman–Crippen LogP) is 3.48. The number of carbonyl (C=O) groups excluding carboxylic acids is 1. The third kappa shape index (κ3) is 6.21. The summed E-state index contributed by atoms with van der Waals surface area (Å²) in [4.78, 5) is 12.4. The normalized spacial score (nSPS) is 11.4. The highest BCUT2D eigenvalue weighted by Gasteiger charge is 2.25. The average molecular weight is 434 g/mol. The number of ether oxygens (including phenoxy) is 1. The highest BCUT2D eigenvalue weighted by Crippen LogP contribution is 2.30. The van der Waals surface area contributed by atoms with E-state index in [9.17, 15) is 13.2 Å². The van der Waals surface area contributed by atoms with Gasteiger partial charge < -0.3 is 15.4 Å². The number of sulfonamides is 1. The van der Waals surface area contributed by atoms with Gasteiger partial charge in [-0.05, 0) is 56.1 Å². The molecule has 0 aromatic heterocycles. The molecule has 2 aromatic carbocycles. The number of para-hydroxylation sites is 1. The van der Waals surface area contributed by atoms with Gasteiger partial charge in [-0.15, -0.1) is 0 Å². The maximum atomic E-state index is 13.2. The molecule has 0 fully saturated rings. The summed E-state index contributed by atoms with van der Waals surface area (Å²) in [6.07, 6.45) is 0.969. The molecule has 0 heterocycles. The Morgan fingerprint density at radius 1 is 1.13 bits per heavy atom. The molecule has 0 spiro atoms. The molecule has 0 bridgehead atoms. The van der Waals surface area contributed by atoms with Gasteiger partial charge in [0.1, 0.15) is 5.75 Å². The second-order valence-corrected chi connectivity index (χ2v) is 9.14. The van der Waals surface area contributed by atoms with Crippen molar-refractivity contribution < 1.29 is 17.9 Å². The molecule has 1 amide bonds. The maximum Gasteiger partial charge on any atom is 0.264 e. The summed E-state index contributed by atoms with van der Waals surface area (Å²) in [5.41, 5.74) is 0.897. The van der Waals surface area contributed by atoms with Crippen LogP contribution in [0.25, 0.3) is 0 Å². The molecule has 0 aliphatic rings. The van der Waals surface area contributed by atoms with Gasteiger partial charge in [-0.3, -0.25) is 9.10 Å². The van der Waals surface area contributed by atoms with Gasteiger partial charge in [0.2, 0.25) is 5.91 Å². The van der Waals surface area contributed by atoms with Crippen molar-refractivity contribution in [1.29, 1.82) is 0 Å². The summed E-state index contributed by atoms with van der Waals surface area (Å²) in [5, 5.41) is 5.84.